The summed E-state index contributed by atoms with van der Waals surface area (Å²) in [6.07, 6.45) is -2.01. The molecule has 0 saturated heterocycles. The highest BCUT2D eigenvalue weighted by Gasteiger charge is 2.28. The van der Waals surface area contributed by atoms with Crippen LogP contribution in [0.5, 0.6) is 11.5 Å². The lowest BCUT2D eigenvalue weighted by atomic mass is 10.1. The first-order valence-corrected chi connectivity index (χ1v) is 4.85. The van der Waals surface area contributed by atoms with Gasteiger partial charge in [0.1, 0.15) is 5.82 Å². The van der Waals surface area contributed by atoms with Crippen LogP contribution in [0.2, 0.25) is 0 Å². The first kappa shape index (κ1) is 12.7. The van der Waals surface area contributed by atoms with Crippen molar-refractivity contribution < 1.29 is 29.2 Å². The molecule has 88 valence electrons. The number of phenolic OH excluding ortho intramolecular Hbond substituents is 2. The third-order valence-electron chi connectivity index (χ3n) is 1.91. The lowest BCUT2D eigenvalue weighted by Crippen LogP contribution is -2.15. The van der Waals surface area contributed by atoms with Gasteiger partial charge in [0.2, 0.25) is 0 Å². The smallest absolute Gasteiger partial charge is 0.339 e. The van der Waals surface area contributed by atoms with Crippen molar-refractivity contribution in [3.63, 3.8) is 0 Å². The average molecular weight is 295 g/mol. The average Bonchev–Trinajstić information content (AvgIpc) is 2.25. The highest BCUT2D eigenvalue weighted by Crippen LogP contribution is 2.39. The molecule has 0 aliphatic rings. The second-order valence-corrected chi connectivity index (χ2v) is 3.73. The summed E-state index contributed by atoms with van der Waals surface area (Å²) in [5, 5.41) is 27.9. The number of phenols is 2. The molecule has 0 spiro atoms. The molecule has 0 aliphatic heterocycles. The van der Waals surface area contributed by atoms with Gasteiger partial charge in [0.25, 0.3) is 0 Å². The van der Waals surface area contributed by atoms with Crippen LogP contribution >= 0.6 is 15.9 Å². The van der Waals surface area contributed by atoms with Crippen LogP contribution in [0.1, 0.15) is 11.7 Å². The second-order valence-electron chi connectivity index (χ2n) is 2.88. The monoisotopic (exact) mass is 294 g/mol. The van der Waals surface area contributed by atoms with E-state index in [4.69, 9.17) is 0 Å². The lowest BCUT2D eigenvalue weighted by molar-refractivity contribution is -0.151. The Balaban J connectivity index is 3.37. The van der Waals surface area contributed by atoms with Crippen LogP contribution < -0.4 is 0 Å². The number of benzene rings is 1. The summed E-state index contributed by atoms with van der Waals surface area (Å²) < 4.78 is 17.5. The second kappa shape index (κ2) is 4.67. The van der Waals surface area contributed by atoms with Gasteiger partial charge in [0.15, 0.2) is 17.6 Å². The van der Waals surface area contributed by atoms with Crippen LogP contribution in [0.15, 0.2) is 10.5 Å². The maximum Gasteiger partial charge on any atom is 0.339 e. The molecule has 0 aliphatic carbocycles. The van der Waals surface area contributed by atoms with E-state index in [9.17, 15) is 24.5 Å². The fraction of sp³-hybridized carbons (Fsp3) is 0.222. The number of ether oxygens (including phenoxy) is 1. The number of aliphatic hydroxyl groups excluding tert-OH is 1. The Morgan fingerprint density at radius 1 is 1.56 bits per heavy atom. The van der Waals surface area contributed by atoms with E-state index < -0.39 is 35.0 Å². The molecular formula is C9H8BrFO5. The summed E-state index contributed by atoms with van der Waals surface area (Å²) in [5.74, 6) is -3.76. The molecule has 7 heteroatoms. The van der Waals surface area contributed by atoms with Crippen molar-refractivity contribution >= 4 is 21.9 Å². The number of carbonyl (C=O) groups excluding carboxylic acids is 1. The number of hydrogen-bond donors (Lipinski definition) is 3. The Bertz CT molecular complexity index is 408. The Morgan fingerprint density at radius 3 is 2.62 bits per heavy atom. The molecule has 16 heavy (non-hydrogen) atoms. The van der Waals surface area contributed by atoms with Gasteiger partial charge >= 0.3 is 5.97 Å². The summed E-state index contributed by atoms with van der Waals surface area (Å²) in [5.41, 5.74) is -0.737. The summed E-state index contributed by atoms with van der Waals surface area (Å²) in [7, 11) is 0.998. The number of esters is 1. The van der Waals surface area contributed by atoms with Gasteiger partial charge in [0, 0.05) is 6.07 Å². The number of halogens is 2. The fourth-order valence-corrected chi connectivity index (χ4v) is 1.53. The number of carbonyl (C=O) groups is 1. The van der Waals surface area contributed by atoms with Crippen LogP contribution in [0.3, 0.4) is 0 Å². The van der Waals surface area contributed by atoms with Crippen LogP contribution in [-0.2, 0) is 9.53 Å². The SMILES string of the molecule is COC(=O)C(O)c1c(O)c(O)cc(Br)c1F. The van der Waals surface area contributed by atoms with Gasteiger partial charge in [0.05, 0.1) is 17.1 Å². The van der Waals surface area contributed by atoms with E-state index in [1.165, 1.54) is 0 Å². The first-order chi connectivity index (χ1) is 7.40. The molecule has 1 aromatic rings. The highest BCUT2D eigenvalue weighted by molar-refractivity contribution is 9.10. The van der Waals surface area contributed by atoms with Crippen molar-refractivity contribution in [2.45, 2.75) is 6.10 Å². The molecule has 0 aromatic heterocycles. The molecule has 0 radical (unpaired) electrons. The molecule has 3 N–H and O–H groups in total. The molecule has 0 bridgehead atoms. The van der Waals surface area contributed by atoms with Crippen molar-refractivity contribution in [3.8, 4) is 11.5 Å². The van der Waals surface area contributed by atoms with Gasteiger partial charge < -0.3 is 20.1 Å². The third kappa shape index (κ3) is 2.10. The minimum atomic E-state index is -2.01. The Labute approximate surface area is 98.2 Å². The Hall–Kier alpha value is -1.34. The van der Waals surface area contributed by atoms with Gasteiger partial charge in [-0.1, -0.05) is 0 Å². The topological polar surface area (TPSA) is 87.0 Å². The number of aliphatic hydroxyl groups is 1. The van der Waals surface area contributed by atoms with Crippen LogP contribution in [0, 0.1) is 5.82 Å². The molecule has 1 aromatic carbocycles. The zero-order valence-electron chi connectivity index (χ0n) is 8.07. The third-order valence-corrected chi connectivity index (χ3v) is 2.48. The molecule has 0 saturated carbocycles. The van der Waals surface area contributed by atoms with Gasteiger partial charge in [-0.05, 0) is 15.9 Å². The van der Waals surface area contributed by atoms with E-state index in [0.717, 1.165) is 13.2 Å². The highest BCUT2D eigenvalue weighted by atomic mass is 79.9. The maximum atomic E-state index is 13.5. The normalized spacial score (nSPS) is 12.2. The van der Waals surface area contributed by atoms with Crippen LogP contribution in [-0.4, -0.2) is 28.4 Å². The summed E-state index contributed by atoms with van der Waals surface area (Å²) >= 11 is 2.76. The van der Waals surface area contributed by atoms with Crippen molar-refractivity contribution in [2.24, 2.45) is 0 Å². The number of aromatic hydroxyl groups is 2. The first-order valence-electron chi connectivity index (χ1n) is 4.05. The minimum Gasteiger partial charge on any atom is -0.504 e. The summed E-state index contributed by atoms with van der Waals surface area (Å²) in [4.78, 5) is 11.0. The van der Waals surface area contributed by atoms with Gasteiger partial charge in [-0.25, -0.2) is 9.18 Å². The van der Waals surface area contributed by atoms with E-state index in [1.54, 1.807) is 0 Å². The van der Waals surface area contributed by atoms with E-state index in [2.05, 4.69) is 20.7 Å². The predicted octanol–water partition coefficient (Wildman–Crippen LogP) is 1.21. The molecular weight excluding hydrogens is 287 g/mol. The molecule has 0 fully saturated rings. The van der Waals surface area contributed by atoms with E-state index >= 15 is 0 Å². The quantitative estimate of drug-likeness (QED) is 0.564. The molecule has 1 atom stereocenters. The van der Waals surface area contributed by atoms with Crippen molar-refractivity contribution in [3.05, 3.63) is 21.9 Å². The maximum absolute atomic E-state index is 13.5. The number of rotatable bonds is 2. The summed E-state index contributed by atoms with van der Waals surface area (Å²) in [6, 6.07) is 0.901. The molecule has 1 rings (SSSR count). The van der Waals surface area contributed by atoms with Gasteiger partial charge in [-0.2, -0.15) is 0 Å². The van der Waals surface area contributed by atoms with Crippen LogP contribution in [0.4, 0.5) is 4.39 Å². The van der Waals surface area contributed by atoms with E-state index in [-0.39, 0.29) is 4.47 Å². The van der Waals surface area contributed by atoms with Crippen molar-refractivity contribution in [1.29, 1.82) is 0 Å². The van der Waals surface area contributed by atoms with E-state index in [0.29, 0.717) is 0 Å². The molecule has 0 amide bonds. The molecule has 5 nitrogen and oxygen atoms in total. The standard InChI is InChI=1S/C9H8BrFO5/c1-16-9(15)8(14)5-6(11)3(10)2-4(12)7(5)13/h2,8,12-14H,1H3. The van der Waals surface area contributed by atoms with E-state index in [1.807, 2.05) is 0 Å². The Kier molecular flexibility index (Phi) is 3.71. The predicted molar refractivity (Wildman–Crippen MR) is 54.4 cm³/mol. The largest absolute Gasteiger partial charge is 0.504 e. The molecule has 1 unspecified atom stereocenters. The Morgan fingerprint density at radius 2 is 2.12 bits per heavy atom. The molecule has 0 heterocycles. The minimum absolute atomic E-state index is 0.194. The number of methoxy groups -OCH3 is 1. The zero-order chi connectivity index (χ0) is 12.5. The van der Waals surface area contributed by atoms with Crippen molar-refractivity contribution in [2.75, 3.05) is 7.11 Å². The van der Waals surface area contributed by atoms with Gasteiger partial charge in [-0.15, -0.1) is 0 Å². The lowest BCUT2D eigenvalue weighted by Gasteiger charge is -2.13. The van der Waals surface area contributed by atoms with Crippen molar-refractivity contribution in [1.82, 2.24) is 0 Å². The zero-order valence-corrected chi connectivity index (χ0v) is 9.65. The van der Waals surface area contributed by atoms with Crippen LogP contribution in [0.25, 0.3) is 0 Å². The fourth-order valence-electron chi connectivity index (χ4n) is 1.10. The van der Waals surface area contributed by atoms with Gasteiger partial charge in [-0.3, -0.25) is 0 Å². The number of hydrogen-bond acceptors (Lipinski definition) is 5. The summed E-state index contributed by atoms with van der Waals surface area (Å²) in [6.45, 7) is 0.